The van der Waals surface area contributed by atoms with Crippen molar-refractivity contribution in [2.45, 2.75) is 19.3 Å². The topological polar surface area (TPSA) is 90.2 Å². The Hall–Kier alpha value is -3.26. The molecule has 0 saturated carbocycles. The van der Waals surface area contributed by atoms with Gasteiger partial charge in [0.1, 0.15) is 11.6 Å². The first-order chi connectivity index (χ1) is 18.8. The van der Waals surface area contributed by atoms with Crippen molar-refractivity contribution >= 4 is 23.1 Å². The lowest BCUT2D eigenvalue weighted by atomic mass is 10.1. The third-order valence-corrected chi connectivity index (χ3v) is 6.79. The minimum Gasteiger partial charge on any atom is -0.406 e. The van der Waals surface area contributed by atoms with Crippen LogP contribution in [0.1, 0.15) is 16.8 Å². The van der Waals surface area contributed by atoms with Crippen molar-refractivity contribution in [3.8, 4) is 17.0 Å². The van der Waals surface area contributed by atoms with Gasteiger partial charge in [-0.15, -0.1) is 24.5 Å². The summed E-state index contributed by atoms with van der Waals surface area (Å²) >= 11 is 1.29. The van der Waals surface area contributed by atoms with Crippen LogP contribution in [0.15, 0.2) is 53.0 Å². The van der Waals surface area contributed by atoms with Crippen LogP contribution in [-0.2, 0) is 16.0 Å². The van der Waals surface area contributed by atoms with E-state index >= 15 is 0 Å². The van der Waals surface area contributed by atoms with E-state index in [1.807, 2.05) is 9.95 Å². The highest BCUT2D eigenvalue weighted by Crippen LogP contribution is 2.27. The van der Waals surface area contributed by atoms with Gasteiger partial charge >= 0.3 is 6.36 Å². The molecule has 210 valence electrons. The average molecular weight is 566 g/mol. The number of nitrogens with one attached hydrogen (secondary N) is 1. The third-order valence-electron chi connectivity index (χ3n) is 5.92. The van der Waals surface area contributed by atoms with E-state index in [4.69, 9.17) is 9.47 Å². The first-order valence-corrected chi connectivity index (χ1v) is 13.3. The maximum atomic E-state index is 13.2. The molecule has 0 unspecified atom stereocenters. The Morgan fingerprint density at radius 1 is 1.18 bits per heavy atom. The molecule has 1 saturated heterocycles. The summed E-state index contributed by atoms with van der Waals surface area (Å²) < 4.78 is 54.1. The number of benzene rings is 1. The lowest BCUT2D eigenvalue weighted by Gasteiger charge is -2.27. The molecule has 0 bridgehead atoms. The zero-order valence-corrected chi connectivity index (χ0v) is 22.3. The van der Waals surface area contributed by atoms with Gasteiger partial charge in [-0.3, -0.25) is 4.79 Å². The molecule has 0 atom stereocenters. The summed E-state index contributed by atoms with van der Waals surface area (Å²) in [5, 5.41) is 5.13. The number of aromatic nitrogens is 2. The second kappa shape index (κ2) is 13.7. The molecule has 39 heavy (non-hydrogen) atoms. The molecule has 3 aromatic rings. The van der Waals surface area contributed by atoms with Gasteiger partial charge in [0.25, 0.3) is 5.91 Å². The molecule has 0 spiro atoms. The maximum Gasteiger partial charge on any atom is 0.573 e. The highest BCUT2D eigenvalue weighted by Gasteiger charge is 2.31. The van der Waals surface area contributed by atoms with E-state index in [-0.39, 0.29) is 5.75 Å². The zero-order valence-electron chi connectivity index (χ0n) is 21.4. The fraction of sp³-hybridized carbons (Fsp3) is 0.423. The number of morpholine rings is 1. The van der Waals surface area contributed by atoms with Gasteiger partial charge in [-0.2, -0.15) is 4.99 Å². The molecule has 4 rings (SSSR count). The highest BCUT2D eigenvalue weighted by atomic mass is 32.1. The van der Waals surface area contributed by atoms with Gasteiger partial charge in [0.2, 0.25) is 0 Å². The van der Waals surface area contributed by atoms with E-state index in [9.17, 15) is 18.0 Å². The second-order valence-corrected chi connectivity index (χ2v) is 9.48. The van der Waals surface area contributed by atoms with Gasteiger partial charge in [0, 0.05) is 50.4 Å². The van der Waals surface area contributed by atoms with Crippen molar-refractivity contribution in [1.82, 2.24) is 14.9 Å². The van der Waals surface area contributed by atoms with E-state index in [0.717, 1.165) is 12.1 Å². The van der Waals surface area contributed by atoms with Crippen LogP contribution in [-0.4, -0.2) is 74.9 Å². The molecule has 3 heterocycles. The third kappa shape index (κ3) is 8.36. The van der Waals surface area contributed by atoms with Crippen molar-refractivity contribution in [2.75, 3.05) is 58.0 Å². The molecular formula is C26H30F3N5O4S. The van der Waals surface area contributed by atoms with E-state index in [1.165, 1.54) is 23.5 Å². The van der Waals surface area contributed by atoms with Crippen molar-refractivity contribution in [3.05, 3.63) is 58.3 Å². The molecular weight excluding hydrogens is 535 g/mol. The summed E-state index contributed by atoms with van der Waals surface area (Å²) in [4.78, 5) is 24.5. The van der Waals surface area contributed by atoms with Gasteiger partial charge in [0.05, 0.1) is 25.5 Å². The predicted molar refractivity (Wildman–Crippen MR) is 141 cm³/mol. The lowest BCUT2D eigenvalue weighted by molar-refractivity contribution is -0.274. The van der Waals surface area contributed by atoms with Crippen LogP contribution in [0.25, 0.3) is 11.3 Å². The first kappa shape index (κ1) is 28.7. The molecule has 9 nitrogen and oxygen atoms in total. The van der Waals surface area contributed by atoms with E-state index in [1.54, 1.807) is 37.6 Å². The SMILES string of the molecule is COCCNCCCn1c(-c2ccc(OC(F)(F)F)cc2)csc1=NC(=O)c1ccnc(N2CCOCC2)c1. The van der Waals surface area contributed by atoms with Crippen molar-refractivity contribution in [3.63, 3.8) is 0 Å². The fourth-order valence-electron chi connectivity index (χ4n) is 4.02. The molecule has 0 radical (unpaired) electrons. The average Bonchev–Trinajstić information content (AvgIpc) is 3.32. The van der Waals surface area contributed by atoms with Crippen molar-refractivity contribution in [1.29, 1.82) is 0 Å². The van der Waals surface area contributed by atoms with Crippen LogP contribution in [0, 0.1) is 0 Å². The number of anilines is 1. The van der Waals surface area contributed by atoms with Crippen LogP contribution in [0.5, 0.6) is 5.75 Å². The van der Waals surface area contributed by atoms with Crippen LogP contribution >= 0.6 is 11.3 Å². The first-order valence-electron chi connectivity index (χ1n) is 12.5. The van der Waals surface area contributed by atoms with Crippen LogP contribution in [0.2, 0.25) is 0 Å². The number of alkyl halides is 3. The summed E-state index contributed by atoms with van der Waals surface area (Å²) in [6.45, 7) is 5.16. The number of hydrogen-bond acceptors (Lipinski definition) is 8. The minimum absolute atomic E-state index is 0.302. The summed E-state index contributed by atoms with van der Waals surface area (Å²) in [7, 11) is 1.64. The summed E-state index contributed by atoms with van der Waals surface area (Å²) in [6.07, 6.45) is -2.43. The number of carbonyl (C=O) groups is 1. The van der Waals surface area contributed by atoms with E-state index in [0.29, 0.717) is 74.3 Å². The highest BCUT2D eigenvalue weighted by molar-refractivity contribution is 7.07. The van der Waals surface area contributed by atoms with Crippen LogP contribution < -0.4 is 19.8 Å². The maximum absolute atomic E-state index is 13.2. The van der Waals surface area contributed by atoms with Crippen molar-refractivity contribution < 1.29 is 32.2 Å². The number of carbonyl (C=O) groups excluding carboxylic acids is 1. The van der Waals surface area contributed by atoms with Gasteiger partial charge < -0.3 is 29.0 Å². The van der Waals surface area contributed by atoms with Crippen LogP contribution in [0.4, 0.5) is 19.0 Å². The number of rotatable bonds is 11. The molecule has 1 N–H and O–H groups in total. The lowest BCUT2D eigenvalue weighted by Crippen LogP contribution is -2.36. The summed E-state index contributed by atoms with van der Waals surface area (Å²) in [5.41, 5.74) is 1.84. The molecule has 1 aliphatic rings. The van der Waals surface area contributed by atoms with Gasteiger partial charge in [-0.25, -0.2) is 4.98 Å². The normalized spacial score (nSPS) is 14.6. The largest absolute Gasteiger partial charge is 0.573 e. The molecule has 1 aromatic carbocycles. The number of ether oxygens (including phenoxy) is 3. The molecule has 13 heteroatoms. The summed E-state index contributed by atoms with van der Waals surface area (Å²) in [5.74, 6) is -0.00665. The Kier molecular flexibility index (Phi) is 10.1. The van der Waals surface area contributed by atoms with Gasteiger partial charge in [-0.1, -0.05) is 0 Å². The Balaban J connectivity index is 1.59. The smallest absolute Gasteiger partial charge is 0.406 e. The fourth-order valence-corrected chi connectivity index (χ4v) is 4.96. The number of amides is 1. The Morgan fingerprint density at radius 2 is 1.95 bits per heavy atom. The molecule has 0 aliphatic carbocycles. The number of pyridine rings is 1. The standard InChI is InChI=1S/C26H30F3N5O4S/c1-36-14-10-30-8-2-11-34-22(19-3-5-21(6-4-19)38-26(27,28)29)18-39-25(34)32-24(35)20-7-9-31-23(17-20)33-12-15-37-16-13-33/h3-7,9,17-18,30H,2,8,10-16H2,1H3. The number of hydrogen-bond donors (Lipinski definition) is 1. The predicted octanol–water partition coefficient (Wildman–Crippen LogP) is 3.71. The quantitative estimate of drug-likeness (QED) is 0.355. The number of methoxy groups -OCH3 is 1. The van der Waals surface area contributed by atoms with Crippen LogP contribution in [0.3, 0.4) is 0 Å². The minimum atomic E-state index is -4.76. The Bertz CT molecular complexity index is 1290. The summed E-state index contributed by atoms with van der Waals surface area (Å²) in [6, 6.07) is 9.01. The van der Waals surface area contributed by atoms with Gasteiger partial charge in [-0.05, 0) is 54.9 Å². The van der Waals surface area contributed by atoms with E-state index in [2.05, 4.69) is 24.9 Å². The van der Waals surface area contributed by atoms with E-state index < -0.39 is 12.3 Å². The zero-order chi connectivity index (χ0) is 27.7. The monoisotopic (exact) mass is 565 g/mol. The molecule has 2 aromatic heterocycles. The second-order valence-electron chi connectivity index (χ2n) is 8.64. The van der Waals surface area contributed by atoms with Crippen molar-refractivity contribution in [2.24, 2.45) is 4.99 Å². The number of nitrogens with zero attached hydrogens (tertiary/aromatic N) is 4. The molecule has 1 amide bonds. The number of halogens is 3. The molecule has 1 fully saturated rings. The Morgan fingerprint density at radius 3 is 2.67 bits per heavy atom. The van der Waals surface area contributed by atoms with Gasteiger partial charge in [0.15, 0.2) is 4.80 Å². The molecule has 1 aliphatic heterocycles. The number of thiazole rings is 1. The Labute approximate surface area is 227 Å².